The molecule has 0 bridgehead atoms. The molecule has 0 spiro atoms. The molecule has 1 rings (SSSR count). The third-order valence-corrected chi connectivity index (χ3v) is 6.47. The van der Waals surface area contributed by atoms with E-state index in [0.29, 0.717) is 12.8 Å². The first-order chi connectivity index (χ1) is 13.7. The van der Waals surface area contributed by atoms with E-state index in [9.17, 15) is 23.1 Å². The first kappa shape index (κ1) is 25.6. The summed E-state index contributed by atoms with van der Waals surface area (Å²) in [6, 6.07) is 0. The number of rotatable bonds is 14. The molecule has 29 heavy (non-hydrogen) atoms. The van der Waals surface area contributed by atoms with Gasteiger partial charge in [0.15, 0.2) is 6.10 Å². The third-order valence-electron chi connectivity index (χ3n) is 5.43. The lowest BCUT2D eigenvalue weighted by Crippen LogP contribution is -2.21. The van der Waals surface area contributed by atoms with Crippen molar-refractivity contribution in [3.63, 3.8) is 0 Å². The lowest BCUT2D eigenvalue weighted by molar-refractivity contribution is -0.146. The molecule has 1 saturated carbocycles. The molecule has 0 aromatic carbocycles. The lowest BCUT2D eigenvalue weighted by atomic mass is 9.87. The number of unbranched alkanes of at least 4 members (excludes halogenated alkanes) is 4. The number of hydrogen-bond donors (Lipinski definition) is 2. The number of carboxylic acids is 1. The van der Waals surface area contributed by atoms with E-state index < -0.39 is 21.9 Å². The Labute approximate surface area is 175 Å². The van der Waals surface area contributed by atoms with Crippen molar-refractivity contribution in [2.75, 3.05) is 12.0 Å². The van der Waals surface area contributed by atoms with Crippen LogP contribution in [0.3, 0.4) is 0 Å². The topological polar surface area (TPSA) is 109 Å². The molecule has 0 aromatic heterocycles. The van der Waals surface area contributed by atoms with Gasteiger partial charge in [-0.05, 0) is 43.9 Å². The predicted octanol–water partition coefficient (Wildman–Crippen LogP) is 3.55. The molecule has 7 heteroatoms. The summed E-state index contributed by atoms with van der Waals surface area (Å²) in [5, 5.41) is 18.0. The van der Waals surface area contributed by atoms with Crippen molar-refractivity contribution < 1.29 is 28.2 Å². The summed E-state index contributed by atoms with van der Waals surface area (Å²) < 4.78 is 23.6. The van der Waals surface area contributed by atoms with Crippen LogP contribution in [0.1, 0.15) is 64.7 Å². The highest BCUT2D eigenvalue weighted by Gasteiger charge is 2.41. The summed E-state index contributed by atoms with van der Waals surface area (Å²) in [6.45, 7) is 2.16. The molecule has 1 aliphatic rings. The van der Waals surface area contributed by atoms with Crippen LogP contribution in [0, 0.1) is 17.8 Å². The number of sulfone groups is 1. The van der Waals surface area contributed by atoms with Crippen molar-refractivity contribution in [1.82, 2.24) is 0 Å². The van der Waals surface area contributed by atoms with E-state index in [2.05, 4.69) is 13.0 Å². The molecule has 0 radical (unpaired) electrons. The number of hydrogen-bond acceptors (Lipinski definition) is 5. The monoisotopic (exact) mass is 428 g/mol. The summed E-state index contributed by atoms with van der Waals surface area (Å²) in [6.07, 6.45) is 14.5. The molecule has 4 atom stereocenters. The molecule has 0 aliphatic heterocycles. The van der Waals surface area contributed by atoms with Crippen molar-refractivity contribution in [3.8, 4) is 0 Å². The summed E-state index contributed by atoms with van der Waals surface area (Å²) in [5.41, 5.74) is 0. The first-order valence-electron chi connectivity index (χ1n) is 10.6. The fourth-order valence-electron chi connectivity index (χ4n) is 3.91. The van der Waals surface area contributed by atoms with Gasteiger partial charge in [0.2, 0.25) is 0 Å². The van der Waals surface area contributed by atoms with Gasteiger partial charge in [-0.2, -0.15) is 0 Å². The van der Waals surface area contributed by atoms with Gasteiger partial charge < -0.3 is 10.2 Å². The average Bonchev–Trinajstić information content (AvgIpc) is 2.90. The van der Waals surface area contributed by atoms with Gasteiger partial charge in [0.25, 0.3) is 0 Å². The van der Waals surface area contributed by atoms with Crippen LogP contribution in [0.5, 0.6) is 0 Å². The lowest BCUT2D eigenvalue weighted by Gasteiger charge is -2.19. The van der Waals surface area contributed by atoms with Crippen LogP contribution in [0.2, 0.25) is 0 Å². The van der Waals surface area contributed by atoms with Crippen molar-refractivity contribution >= 4 is 21.6 Å². The number of carbonyl (C=O) groups is 2. The van der Waals surface area contributed by atoms with Crippen molar-refractivity contribution in [2.24, 2.45) is 17.8 Å². The minimum Gasteiger partial charge on any atom is -0.479 e. The molecular formula is C22H36O6S. The maximum Gasteiger partial charge on any atom is 0.332 e. The smallest absolute Gasteiger partial charge is 0.332 e. The third kappa shape index (κ3) is 10.2. The molecular weight excluding hydrogens is 392 g/mol. The van der Waals surface area contributed by atoms with Gasteiger partial charge in [-0.15, -0.1) is 0 Å². The van der Waals surface area contributed by atoms with Gasteiger partial charge in [-0.25, -0.2) is 13.2 Å². The quantitative estimate of drug-likeness (QED) is 0.323. The van der Waals surface area contributed by atoms with E-state index in [1.54, 1.807) is 6.08 Å². The second-order valence-electron chi connectivity index (χ2n) is 8.12. The Morgan fingerprint density at radius 1 is 1.17 bits per heavy atom. The summed E-state index contributed by atoms with van der Waals surface area (Å²) in [7, 11) is -3.16. The largest absolute Gasteiger partial charge is 0.479 e. The zero-order valence-electron chi connectivity index (χ0n) is 17.6. The molecule has 1 unspecified atom stereocenters. The number of Topliss-reactive ketones (excluding diaryl/α,β-unsaturated/α-hetero) is 1. The molecule has 1 aliphatic carbocycles. The first-order valence-corrected chi connectivity index (χ1v) is 12.6. The summed E-state index contributed by atoms with van der Waals surface area (Å²) in [5.74, 6) is -1.63. The van der Waals surface area contributed by atoms with Crippen LogP contribution in [0.4, 0.5) is 0 Å². The number of carboxylic acid groups (broad SMARTS) is 1. The zero-order chi connectivity index (χ0) is 21.9. The van der Waals surface area contributed by atoms with Gasteiger partial charge in [0.05, 0.1) is 5.75 Å². The van der Waals surface area contributed by atoms with Gasteiger partial charge in [0, 0.05) is 18.6 Å². The predicted molar refractivity (Wildman–Crippen MR) is 114 cm³/mol. The summed E-state index contributed by atoms with van der Waals surface area (Å²) in [4.78, 5) is 23.2. The van der Waals surface area contributed by atoms with E-state index in [4.69, 9.17) is 5.11 Å². The highest BCUT2D eigenvalue weighted by molar-refractivity contribution is 7.90. The molecule has 6 nitrogen and oxygen atoms in total. The van der Waals surface area contributed by atoms with Crippen LogP contribution in [-0.4, -0.2) is 48.5 Å². The number of carbonyl (C=O) groups excluding carboxylic acids is 1. The van der Waals surface area contributed by atoms with E-state index in [-0.39, 0.29) is 42.1 Å². The van der Waals surface area contributed by atoms with Crippen molar-refractivity contribution in [1.29, 1.82) is 0 Å². The molecule has 1 fully saturated rings. The molecule has 2 N–H and O–H groups in total. The van der Waals surface area contributed by atoms with Crippen LogP contribution in [0.15, 0.2) is 24.3 Å². The van der Waals surface area contributed by atoms with Crippen molar-refractivity contribution in [3.05, 3.63) is 24.3 Å². The molecule has 0 aromatic rings. The van der Waals surface area contributed by atoms with Crippen LogP contribution in [-0.2, 0) is 19.4 Å². The minimum absolute atomic E-state index is 0.0224. The SMILES string of the molecule is CCCCCC/C=C/[C@H]1[C@H](CS(C)(=O)=O)CC(=O)[C@@H]1C/C=C\CCC(O)C(=O)O. The van der Waals surface area contributed by atoms with Gasteiger partial charge >= 0.3 is 5.97 Å². The molecule has 166 valence electrons. The van der Waals surface area contributed by atoms with E-state index in [1.165, 1.54) is 25.5 Å². The number of aliphatic hydroxyl groups is 1. The van der Waals surface area contributed by atoms with Gasteiger partial charge in [-0.3, -0.25) is 4.79 Å². The maximum atomic E-state index is 12.5. The van der Waals surface area contributed by atoms with E-state index in [1.807, 2.05) is 12.2 Å². The van der Waals surface area contributed by atoms with Crippen LogP contribution < -0.4 is 0 Å². The molecule has 0 amide bonds. The van der Waals surface area contributed by atoms with Gasteiger partial charge in [-0.1, -0.05) is 50.5 Å². The number of aliphatic hydroxyl groups excluding tert-OH is 1. The minimum atomic E-state index is -3.16. The Morgan fingerprint density at radius 3 is 2.52 bits per heavy atom. The Bertz CT molecular complexity index is 679. The highest BCUT2D eigenvalue weighted by Crippen LogP contribution is 2.38. The fourth-order valence-corrected chi connectivity index (χ4v) is 5.03. The Balaban J connectivity index is 2.70. The normalized spacial score (nSPS) is 24.0. The number of aliphatic carboxylic acids is 1. The number of ketones is 1. The Kier molecular flexibility index (Phi) is 11.4. The standard InChI is InChI=1S/C22H36O6S/c1-3-4-5-6-7-9-12-18-17(16-29(2,27)28)15-21(24)19(18)13-10-8-11-14-20(23)22(25)26/h8-10,12,17-20,23H,3-7,11,13-16H2,1-2H3,(H,25,26)/b10-8-,12-9+/t17-,18-,19+,20?/m0/s1. The fraction of sp³-hybridized carbons (Fsp3) is 0.727. The van der Waals surface area contributed by atoms with Gasteiger partial charge in [0.1, 0.15) is 15.6 Å². The maximum absolute atomic E-state index is 12.5. The number of allylic oxidation sites excluding steroid dienone is 4. The van der Waals surface area contributed by atoms with E-state index >= 15 is 0 Å². The Morgan fingerprint density at radius 2 is 1.90 bits per heavy atom. The van der Waals surface area contributed by atoms with Crippen LogP contribution in [0.25, 0.3) is 0 Å². The summed E-state index contributed by atoms with van der Waals surface area (Å²) >= 11 is 0. The van der Waals surface area contributed by atoms with E-state index in [0.717, 1.165) is 12.8 Å². The second kappa shape index (κ2) is 13.0. The average molecular weight is 429 g/mol. The molecule has 0 heterocycles. The van der Waals surface area contributed by atoms with Crippen molar-refractivity contribution in [2.45, 2.75) is 70.8 Å². The Hall–Kier alpha value is -1.47. The molecule has 0 saturated heterocycles. The highest BCUT2D eigenvalue weighted by atomic mass is 32.2. The second-order valence-corrected chi connectivity index (χ2v) is 10.3. The van der Waals surface area contributed by atoms with Crippen LogP contribution >= 0.6 is 0 Å². The zero-order valence-corrected chi connectivity index (χ0v) is 18.4.